The summed E-state index contributed by atoms with van der Waals surface area (Å²) in [5.74, 6) is -0.566. The molecule has 0 radical (unpaired) electrons. The van der Waals surface area contributed by atoms with Crippen LogP contribution in [0.3, 0.4) is 0 Å². The van der Waals surface area contributed by atoms with E-state index in [4.69, 9.17) is 10.5 Å². The zero-order valence-electron chi connectivity index (χ0n) is 11.8. The molecule has 2 aromatic rings. The van der Waals surface area contributed by atoms with E-state index in [1.165, 1.54) is 12.1 Å². The second kappa shape index (κ2) is 6.12. The normalized spacial score (nSPS) is 13.8. The number of methoxy groups -OCH3 is 1. The van der Waals surface area contributed by atoms with E-state index in [1.807, 2.05) is 6.07 Å². The topological polar surface area (TPSA) is 35.2 Å². The van der Waals surface area contributed by atoms with E-state index in [1.54, 1.807) is 32.2 Å². The fourth-order valence-corrected chi connectivity index (χ4v) is 2.55. The van der Waals surface area contributed by atoms with Gasteiger partial charge >= 0.3 is 0 Å². The quantitative estimate of drug-likeness (QED) is 0.836. The highest BCUT2D eigenvalue weighted by atomic mass is 79.9. The van der Waals surface area contributed by atoms with Crippen LogP contribution in [0.5, 0.6) is 5.75 Å². The predicted molar refractivity (Wildman–Crippen MR) is 82.3 cm³/mol. The van der Waals surface area contributed by atoms with Gasteiger partial charge in [0.05, 0.1) is 11.6 Å². The van der Waals surface area contributed by atoms with E-state index in [0.29, 0.717) is 5.75 Å². The summed E-state index contributed by atoms with van der Waals surface area (Å²) in [5.41, 5.74) is 6.08. The zero-order valence-corrected chi connectivity index (χ0v) is 13.4. The molecule has 1 unspecified atom stereocenters. The molecule has 2 aromatic carbocycles. The van der Waals surface area contributed by atoms with Gasteiger partial charge in [-0.3, -0.25) is 0 Å². The summed E-state index contributed by atoms with van der Waals surface area (Å²) in [5, 5.41) is 0. The fraction of sp³-hybridized carbons (Fsp3) is 0.250. The van der Waals surface area contributed by atoms with Crippen molar-refractivity contribution in [1.82, 2.24) is 0 Å². The van der Waals surface area contributed by atoms with Gasteiger partial charge in [-0.15, -0.1) is 0 Å². The van der Waals surface area contributed by atoms with Crippen LogP contribution in [0.15, 0.2) is 40.9 Å². The Morgan fingerprint density at radius 3 is 2.62 bits per heavy atom. The molecule has 0 saturated carbocycles. The maximum atomic E-state index is 14.1. The Balaban J connectivity index is 2.39. The van der Waals surface area contributed by atoms with Gasteiger partial charge in [-0.1, -0.05) is 12.1 Å². The first-order valence-electron chi connectivity index (χ1n) is 6.41. The van der Waals surface area contributed by atoms with Crippen molar-refractivity contribution in [3.05, 3.63) is 63.6 Å². The second-order valence-corrected chi connectivity index (χ2v) is 6.00. The molecule has 0 saturated heterocycles. The lowest BCUT2D eigenvalue weighted by Crippen LogP contribution is -2.36. The third-order valence-electron chi connectivity index (χ3n) is 3.41. The number of ether oxygens (including phenoxy) is 1. The Morgan fingerprint density at radius 1 is 1.24 bits per heavy atom. The molecule has 112 valence electrons. The van der Waals surface area contributed by atoms with Gasteiger partial charge in [0.15, 0.2) is 0 Å². The van der Waals surface area contributed by atoms with Crippen LogP contribution in [0, 0.1) is 11.6 Å². The number of hydrogen-bond acceptors (Lipinski definition) is 2. The molecule has 2 N–H and O–H groups in total. The SMILES string of the molecule is COc1cccc(C(C)(N)Cc2c(F)ccc(Br)c2F)c1. The van der Waals surface area contributed by atoms with Gasteiger partial charge in [-0.25, -0.2) is 8.78 Å². The Morgan fingerprint density at radius 2 is 1.95 bits per heavy atom. The first-order chi connectivity index (χ1) is 9.85. The molecule has 0 aliphatic heterocycles. The Bertz CT molecular complexity index is 659. The van der Waals surface area contributed by atoms with Crippen LogP contribution in [-0.4, -0.2) is 7.11 Å². The number of rotatable bonds is 4. The summed E-state index contributed by atoms with van der Waals surface area (Å²) in [4.78, 5) is 0. The van der Waals surface area contributed by atoms with Crippen LogP contribution in [0.4, 0.5) is 8.78 Å². The van der Waals surface area contributed by atoms with Gasteiger partial charge in [0.25, 0.3) is 0 Å². The Labute approximate surface area is 131 Å². The zero-order chi connectivity index (χ0) is 15.6. The van der Waals surface area contributed by atoms with Gasteiger partial charge in [0.2, 0.25) is 0 Å². The molecule has 0 fully saturated rings. The first kappa shape index (κ1) is 15.9. The van der Waals surface area contributed by atoms with Crippen molar-refractivity contribution in [2.24, 2.45) is 5.73 Å². The van der Waals surface area contributed by atoms with Crippen LogP contribution in [0.1, 0.15) is 18.1 Å². The van der Waals surface area contributed by atoms with Crippen molar-refractivity contribution in [1.29, 1.82) is 0 Å². The van der Waals surface area contributed by atoms with E-state index in [9.17, 15) is 8.78 Å². The minimum absolute atomic E-state index is 0.0304. The van der Waals surface area contributed by atoms with Crippen molar-refractivity contribution in [2.45, 2.75) is 18.9 Å². The second-order valence-electron chi connectivity index (χ2n) is 5.15. The summed E-state index contributed by atoms with van der Waals surface area (Å²) in [7, 11) is 1.56. The number of hydrogen-bond donors (Lipinski definition) is 1. The predicted octanol–water partition coefficient (Wildman–Crippen LogP) is 4.15. The molecular weight excluding hydrogens is 340 g/mol. The van der Waals surface area contributed by atoms with Gasteiger partial charge in [-0.05, 0) is 52.7 Å². The Hall–Kier alpha value is -1.46. The minimum Gasteiger partial charge on any atom is -0.497 e. The van der Waals surface area contributed by atoms with Crippen LogP contribution in [0.2, 0.25) is 0 Å². The lowest BCUT2D eigenvalue weighted by molar-refractivity contribution is 0.409. The van der Waals surface area contributed by atoms with Crippen molar-refractivity contribution >= 4 is 15.9 Å². The van der Waals surface area contributed by atoms with Crippen molar-refractivity contribution < 1.29 is 13.5 Å². The third kappa shape index (κ3) is 3.41. The summed E-state index contributed by atoms with van der Waals surface area (Å²) in [6, 6.07) is 9.74. The van der Waals surface area contributed by atoms with Crippen molar-refractivity contribution in [3.8, 4) is 5.75 Å². The molecular formula is C16H16BrF2NO. The van der Waals surface area contributed by atoms with E-state index >= 15 is 0 Å². The standard InChI is InChI=1S/C16H16BrF2NO/c1-16(20,10-4-3-5-11(8-10)21-2)9-12-14(18)7-6-13(17)15(12)19/h3-8H,9,20H2,1-2H3. The molecule has 5 heteroatoms. The molecule has 21 heavy (non-hydrogen) atoms. The molecule has 0 spiro atoms. The van der Waals surface area contributed by atoms with Gasteiger partial charge in [0, 0.05) is 17.5 Å². The summed E-state index contributed by atoms with van der Waals surface area (Å²) in [6.45, 7) is 1.74. The van der Waals surface area contributed by atoms with Crippen LogP contribution in [0.25, 0.3) is 0 Å². The van der Waals surface area contributed by atoms with E-state index in [2.05, 4.69) is 15.9 Å². The molecule has 0 aliphatic carbocycles. The maximum Gasteiger partial charge on any atom is 0.143 e. The minimum atomic E-state index is -0.920. The number of halogens is 3. The molecule has 2 nitrogen and oxygen atoms in total. The van der Waals surface area contributed by atoms with E-state index < -0.39 is 17.2 Å². The number of benzene rings is 2. The molecule has 0 aromatic heterocycles. The average Bonchev–Trinajstić information content (AvgIpc) is 2.48. The highest BCUT2D eigenvalue weighted by Gasteiger charge is 2.26. The van der Waals surface area contributed by atoms with Crippen LogP contribution in [-0.2, 0) is 12.0 Å². The lowest BCUT2D eigenvalue weighted by Gasteiger charge is -2.26. The van der Waals surface area contributed by atoms with E-state index in [0.717, 1.165) is 5.56 Å². The highest BCUT2D eigenvalue weighted by molar-refractivity contribution is 9.10. The van der Waals surface area contributed by atoms with Gasteiger partial charge in [-0.2, -0.15) is 0 Å². The van der Waals surface area contributed by atoms with Gasteiger partial charge in [0.1, 0.15) is 17.4 Å². The number of nitrogens with two attached hydrogens (primary N) is 1. The van der Waals surface area contributed by atoms with E-state index in [-0.39, 0.29) is 16.5 Å². The summed E-state index contributed by atoms with van der Waals surface area (Å²) in [6.07, 6.45) is 0.0390. The van der Waals surface area contributed by atoms with Gasteiger partial charge < -0.3 is 10.5 Å². The van der Waals surface area contributed by atoms with Crippen molar-refractivity contribution in [2.75, 3.05) is 7.11 Å². The molecule has 0 aliphatic rings. The molecule has 2 rings (SSSR count). The monoisotopic (exact) mass is 355 g/mol. The van der Waals surface area contributed by atoms with Crippen molar-refractivity contribution in [3.63, 3.8) is 0 Å². The highest BCUT2D eigenvalue weighted by Crippen LogP contribution is 2.30. The maximum absolute atomic E-state index is 14.1. The lowest BCUT2D eigenvalue weighted by atomic mass is 9.86. The molecule has 0 amide bonds. The smallest absolute Gasteiger partial charge is 0.143 e. The van der Waals surface area contributed by atoms with Crippen LogP contribution >= 0.6 is 15.9 Å². The molecule has 0 bridgehead atoms. The molecule has 0 heterocycles. The summed E-state index contributed by atoms with van der Waals surface area (Å²) >= 11 is 3.06. The largest absolute Gasteiger partial charge is 0.497 e. The summed E-state index contributed by atoms with van der Waals surface area (Å²) < 4.78 is 33.3. The fourth-order valence-electron chi connectivity index (χ4n) is 2.18. The third-order valence-corrected chi connectivity index (χ3v) is 4.02. The average molecular weight is 356 g/mol. The molecule has 1 atom stereocenters. The van der Waals surface area contributed by atoms with Crippen LogP contribution < -0.4 is 10.5 Å². The first-order valence-corrected chi connectivity index (χ1v) is 7.20. The Kier molecular flexibility index (Phi) is 4.64.